The van der Waals surface area contributed by atoms with Gasteiger partial charge in [-0.05, 0) is 12.8 Å². The Morgan fingerprint density at radius 1 is 1.00 bits per heavy atom. The quantitative estimate of drug-likeness (QED) is 0.239. The van der Waals surface area contributed by atoms with E-state index in [9.17, 15) is 24.0 Å². The molecule has 0 aromatic heterocycles. The summed E-state index contributed by atoms with van der Waals surface area (Å²) in [6.45, 7) is 4.23. The summed E-state index contributed by atoms with van der Waals surface area (Å²) >= 11 is 0. The van der Waals surface area contributed by atoms with Gasteiger partial charge in [0.15, 0.2) is 0 Å². The lowest BCUT2D eigenvalue weighted by Gasteiger charge is -2.23. The average Bonchev–Trinajstić information content (AvgIpc) is 2.47. The standard InChI is InChI=1S/C14H25N5O6/c1-6(2)11(12(16)23)19-14(25)8(4-10(21)22)18-9(20)5-17-13(24)7(3)15/h6-8,11H,4-5,15H2,1-3H3,(H2,16,23)(H,17,24)(H,18,20)(H,19,25)(H,21,22)/t7-,8-,11-/m0/s1. The molecule has 25 heavy (non-hydrogen) atoms. The van der Waals surface area contributed by atoms with Crippen LogP contribution in [-0.2, 0) is 24.0 Å². The smallest absolute Gasteiger partial charge is 0.305 e. The van der Waals surface area contributed by atoms with Gasteiger partial charge in [0.05, 0.1) is 19.0 Å². The first kappa shape index (κ1) is 22.3. The number of carbonyl (C=O) groups is 5. The van der Waals surface area contributed by atoms with E-state index >= 15 is 0 Å². The molecule has 3 atom stereocenters. The zero-order valence-corrected chi connectivity index (χ0v) is 14.4. The number of carboxylic acids is 1. The highest BCUT2D eigenvalue weighted by Gasteiger charge is 2.29. The molecule has 11 heteroatoms. The highest BCUT2D eigenvalue weighted by molar-refractivity contribution is 5.94. The Bertz CT molecular complexity index is 534. The van der Waals surface area contributed by atoms with E-state index < -0.39 is 60.7 Å². The topological polar surface area (TPSA) is 194 Å². The third kappa shape index (κ3) is 8.65. The molecule has 0 aromatic carbocycles. The summed E-state index contributed by atoms with van der Waals surface area (Å²) in [5.41, 5.74) is 10.5. The van der Waals surface area contributed by atoms with Crippen LogP contribution in [0.2, 0.25) is 0 Å². The summed E-state index contributed by atoms with van der Waals surface area (Å²) in [7, 11) is 0. The number of primary amides is 1. The Labute approximate surface area is 144 Å². The summed E-state index contributed by atoms with van der Waals surface area (Å²) < 4.78 is 0. The van der Waals surface area contributed by atoms with Crippen LogP contribution in [0.3, 0.4) is 0 Å². The Morgan fingerprint density at radius 2 is 1.56 bits per heavy atom. The molecule has 0 fully saturated rings. The van der Waals surface area contributed by atoms with Gasteiger partial charge in [0.2, 0.25) is 23.6 Å². The number of amides is 4. The lowest BCUT2D eigenvalue weighted by molar-refractivity contribution is -0.141. The molecule has 0 bridgehead atoms. The minimum Gasteiger partial charge on any atom is -0.481 e. The van der Waals surface area contributed by atoms with E-state index in [4.69, 9.17) is 16.6 Å². The van der Waals surface area contributed by atoms with Crippen molar-refractivity contribution < 1.29 is 29.1 Å². The lowest BCUT2D eigenvalue weighted by Crippen LogP contribution is -2.56. The Kier molecular flexibility index (Phi) is 9.13. The molecule has 0 aliphatic carbocycles. The molecule has 0 saturated heterocycles. The van der Waals surface area contributed by atoms with E-state index in [0.29, 0.717) is 0 Å². The number of carbonyl (C=O) groups excluding carboxylic acids is 4. The van der Waals surface area contributed by atoms with Gasteiger partial charge in [0.25, 0.3) is 0 Å². The first-order valence-electron chi connectivity index (χ1n) is 7.59. The second kappa shape index (κ2) is 10.2. The SMILES string of the molecule is CC(C)[C@H](NC(=O)[C@H](CC(=O)O)NC(=O)CNC(=O)[C@H](C)N)C(N)=O. The van der Waals surface area contributed by atoms with Crippen LogP contribution < -0.4 is 27.4 Å². The van der Waals surface area contributed by atoms with Crippen LogP contribution in [0.25, 0.3) is 0 Å². The molecule has 0 heterocycles. The van der Waals surface area contributed by atoms with Gasteiger partial charge in [-0.25, -0.2) is 0 Å². The third-order valence-corrected chi connectivity index (χ3v) is 3.14. The minimum absolute atomic E-state index is 0.326. The largest absolute Gasteiger partial charge is 0.481 e. The van der Waals surface area contributed by atoms with Crippen molar-refractivity contribution in [2.45, 2.75) is 45.3 Å². The zero-order valence-electron chi connectivity index (χ0n) is 14.4. The summed E-state index contributed by atoms with van der Waals surface area (Å²) in [5, 5.41) is 15.6. The molecule has 4 amide bonds. The van der Waals surface area contributed by atoms with Crippen molar-refractivity contribution in [3.05, 3.63) is 0 Å². The van der Waals surface area contributed by atoms with Crippen LogP contribution in [0, 0.1) is 5.92 Å². The molecule has 0 spiro atoms. The van der Waals surface area contributed by atoms with E-state index in [1.54, 1.807) is 13.8 Å². The number of aliphatic carboxylic acids is 1. The first-order valence-corrected chi connectivity index (χ1v) is 7.59. The van der Waals surface area contributed by atoms with Crippen LogP contribution in [0.4, 0.5) is 0 Å². The van der Waals surface area contributed by atoms with Crippen molar-refractivity contribution >= 4 is 29.6 Å². The summed E-state index contributed by atoms with van der Waals surface area (Å²) in [6.07, 6.45) is -0.706. The van der Waals surface area contributed by atoms with Gasteiger partial charge < -0.3 is 32.5 Å². The molecule has 0 aliphatic rings. The van der Waals surface area contributed by atoms with E-state index in [0.717, 1.165) is 0 Å². The maximum atomic E-state index is 12.2. The van der Waals surface area contributed by atoms with Crippen LogP contribution in [0.5, 0.6) is 0 Å². The normalized spacial score (nSPS) is 14.1. The maximum absolute atomic E-state index is 12.2. The number of rotatable bonds is 10. The molecule has 8 N–H and O–H groups in total. The number of nitrogens with one attached hydrogen (secondary N) is 3. The fourth-order valence-corrected chi connectivity index (χ4v) is 1.78. The van der Waals surface area contributed by atoms with Crippen molar-refractivity contribution in [2.75, 3.05) is 6.54 Å². The highest BCUT2D eigenvalue weighted by atomic mass is 16.4. The van der Waals surface area contributed by atoms with E-state index in [1.165, 1.54) is 6.92 Å². The molecule has 0 aromatic rings. The number of hydrogen-bond donors (Lipinski definition) is 6. The lowest BCUT2D eigenvalue weighted by atomic mass is 10.0. The van der Waals surface area contributed by atoms with Crippen LogP contribution in [0.1, 0.15) is 27.2 Å². The van der Waals surface area contributed by atoms with Crippen LogP contribution in [0.15, 0.2) is 0 Å². The molecular formula is C14H25N5O6. The fourth-order valence-electron chi connectivity index (χ4n) is 1.78. The minimum atomic E-state index is -1.43. The zero-order chi connectivity index (χ0) is 19.7. The van der Waals surface area contributed by atoms with Crippen LogP contribution >= 0.6 is 0 Å². The predicted octanol–water partition coefficient (Wildman–Crippen LogP) is -2.96. The van der Waals surface area contributed by atoms with Crippen molar-refractivity contribution in [2.24, 2.45) is 17.4 Å². The van der Waals surface area contributed by atoms with Gasteiger partial charge in [-0.2, -0.15) is 0 Å². The molecule has 0 radical (unpaired) electrons. The van der Waals surface area contributed by atoms with E-state index in [2.05, 4.69) is 16.0 Å². The van der Waals surface area contributed by atoms with Gasteiger partial charge >= 0.3 is 5.97 Å². The third-order valence-electron chi connectivity index (χ3n) is 3.14. The number of hydrogen-bond acceptors (Lipinski definition) is 6. The molecule has 0 rings (SSSR count). The molecule has 0 saturated carbocycles. The molecule has 142 valence electrons. The molecule has 0 aliphatic heterocycles. The number of nitrogens with two attached hydrogens (primary N) is 2. The van der Waals surface area contributed by atoms with Gasteiger partial charge in [0, 0.05) is 0 Å². The fraction of sp³-hybridized carbons (Fsp3) is 0.643. The Morgan fingerprint density at radius 3 is 1.96 bits per heavy atom. The second-order valence-corrected chi connectivity index (χ2v) is 5.86. The maximum Gasteiger partial charge on any atom is 0.305 e. The number of carboxylic acid groups (broad SMARTS) is 1. The van der Waals surface area contributed by atoms with Crippen molar-refractivity contribution in [3.8, 4) is 0 Å². The Hall–Kier alpha value is -2.69. The van der Waals surface area contributed by atoms with Crippen molar-refractivity contribution in [3.63, 3.8) is 0 Å². The molecular weight excluding hydrogens is 334 g/mol. The Balaban J connectivity index is 4.90. The van der Waals surface area contributed by atoms with Crippen LogP contribution in [-0.4, -0.2) is 59.4 Å². The van der Waals surface area contributed by atoms with Gasteiger partial charge in [-0.1, -0.05) is 13.8 Å². The second-order valence-electron chi connectivity index (χ2n) is 5.86. The van der Waals surface area contributed by atoms with E-state index in [1.807, 2.05) is 0 Å². The highest BCUT2D eigenvalue weighted by Crippen LogP contribution is 2.02. The first-order chi connectivity index (χ1) is 11.5. The van der Waals surface area contributed by atoms with Gasteiger partial charge in [0.1, 0.15) is 12.1 Å². The van der Waals surface area contributed by atoms with Gasteiger partial charge in [-0.15, -0.1) is 0 Å². The summed E-state index contributed by atoms with van der Waals surface area (Å²) in [4.78, 5) is 57.5. The van der Waals surface area contributed by atoms with Gasteiger partial charge in [-0.3, -0.25) is 24.0 Å². The van der Waals surface area contributed by atoms with Crippen molar-refractivity contribution in [1.82, 2.24) is 16.0 Å². The predicted molar refractivity (Wildman–Crippen MR) is 86.8 cm³/mol. The average molecular weight is 359 g/mol. The molecule has 11 nitrogen and oxygen atoms in total. The van der Waals surface area contributed by atoms with Crippen molar-refractivity contribution in [1.29, 1.82) is 0 Å². The summed E-state index contributed by atoms with van der Waals surface area (Å²) in [5.74, 6) is -4.67. The van der Waals surface area contributed by atoms with E-state index in [-0.39, 0.29) is 5.92 Å². The molecule has 0 unspecified atom stereocenters. The monoisotopic (exact) mass is 359 g/mol. The summed E-state index contributed by atoms with van der Waals surface area (Å²) in [6, 6.07) is -3.27.